The van der Waals surface area contributed by atoms with Crippen molar-refractivity contribution >= 4 is 16.0 Å². The summed E-state index contributed by atoms with van der Waals surface area (Å²) in [5.41, 5.74) is 1.89. The summed E-state index contributed by atoms with van der Waals surface area (Å²) in [6, 6.07) is 7.16. The van der Waals surface area contributed by atoms with Crippen molar-refractivity contribution in [3.63, 3.8) is 0 Å². The van der Waals surface area contributed by atoms with E-state index in [-0.39, 0.29) is 12.3 Å². The molecule has 2 aromatic rings. The molecule has 0 aliphatic carbocycles. The molecule has 1 aromatic carbocycles. The molecule has 9 heteroatoms. The molecular formula is C17H21FN4O3S. The number of nitrogens with one attached hydrogen (secondary N) is 1. The van der Waals surface area contributed by atoms with Gasteiger partial charge >= 0.3 is 0 Å². The van der Waals surface area contributed by atoms with E-state index >= 15 is 0 Å². The van der Waals surface area contributed by atoms with Gasteiger partial charge < -0.3 is 9.64 Å². The molecule has 3 rings (SSSR count). The zero-order valence-electron chi connectivity index (χ0n) is 14.5. The number of rotatable bonds is 6. The Morgan fingerprint density at radius 1 is 1.19 bits per heavy atom. The van der Waals surface area contributed by atoms with E-state index in [9.17, 15) is 12.8 Å². The number of benzene rings is 1. The molecule has 2 heterocycles. The van der Waals surface area contributed by atoms with E-state index in [2.05, 4.69) is 14.7 Å². The highest BCUT2D eigenvalue weighted by Gasteiger charge is 2.16. The lowest BCUT2D eigenvalue weighted by Gasteiger charge is -2.27. The van der Waals surface area contributed by atoms with Crippen molar-refractivity contribution in [3.8, 4) is 0 Å². The molecule has 1 N–H and O–H groups in total. The van der Waals surface area contributed by atoms with Crippen molar-refractivity contribution in [2.24, 2.45) is 0 Å². The molecule has 1 aliphatic rings. The first-order valence-electron chi connectivity index (χ1n) is 8.30. The van der Waals surface area contributed by atoms with E-state index in [1.54, 1.807) is 6.07 Å². The van der Waals surface area contributed by atoms with Crippen LogP contribution in [-0.4, -0.2) is 44.7 Å². The van der Waals surface area contributed by atoms with Crippen LogP contribution in [0, 0.1) is 12.7 Å². The molecule has 1 fully saturated rings. The summed E-state index contributed by atoms with van der Waals surface area (Å²) in [5, 5.41) is 0. The van der Waals surface area contributed by atoms with Crippen LogP contribution < -0.4 is 9.62 Å². The van der Waals surface area contributed by atoms with Crippen molar-refractivity contribution in [1.29, 1.82) is 0 Å². The monoisotopic (exact) mass is 380 g/mol. The highest BCUT2D eigenvalue weighted by molar-refractivity contribution is 7.88. The third kappa shape index (κ3) is 5.20. The molecule has 0 bridgehead atoms. The van der Waals surface area contributed by atoms with Crippen LogP contribution >= 0.6 is 0 Å². The van der Waals surface area contributed by atoms with Gasteiger partial charge in [0.05, 0.1) is 31.2 Å². The number of morpholine rings is 1. The molecule has 0 atom stereocenters. The van der Waals surface area contributed by atoms with Crippen LogP contribution in [0.5, 0.6) is 0 Å². The topological polar surface area (TPSA) is 84.4 Å². The molecule has 140 valence electrons. The highest BCUT2D eigenvalue weighted by Crippen LogP contribution is 2.13. The van der Waals surface area contributed by atoms with Gasteiger partial charge in [0.1, 0.15) is 5.82 Å². The highest BCUT2D eigenvalue weighted by atomic mass is 32.2. The predicted molar refractivity (Wildman–Crippen MR) is 95.7 cm³/mol. The van der Waals surface area contributed by atoms with Crippen molar-refractivity contribution < 1.29 is 17.5 Å². The van der Waals surface area contributed by atoms with Gasteiger partial charge in [0.15, 0.2) is 0 Å². The zero-order valence-corrected chi connectivity index (χ0v) is 15.3. The van der Waals surface area contributed by atoms with E-state index in [1.807, 2.05) is 11.8 Å². The van der Waals surface area contributed by atoms with E-state index < -0.39 is 15.8 Å². The second kappa shape index (κ2) is 8.07. The molecule has 1 aromatic heterocycles. The Morgan fingerprint density at radius 2 is 1.88 bits per heavy atom. The average Bonchev–Trinajstić information content (AvgIpc) is 2.62. The molecular weight excluding hydrogens is 359 g/mol. The summed E-state index contributed by atoms with van der Waals surface area (Å²) in [5.74, 6) is -0.0274. The zero-order chi connectivity index (χ0) is 18.6. The quantitative estimate of drug-likeness (QED) is 0.815. The lowest BCUT2D eigenvalue weighted by atomic mass is 10.2. The van der Waals surface area contributed by atoms with Gasteiger partial charge in [-0.05, 0) is 30.7 Å². The Morgan fingerprint density at radius 3 is 2.58 bits per heavy atom. The molecule has 0 spiro atoms. The Labute approximate surface area is 152 Å². The van der Waals surface area contributed by atoms with E-state index in [0.717, 1.165) is 5.69 Å². The van der Waals surface area contributed by atoms with E-state index in [4.69, 9.17) is 4.74 Å². The van der Waals surface area contributed by atoms with Gasteiger partial charge in [0.2, 0.25) is 16.0 Å². The second-order valence-electron chi connectivity index (χ2n) is 6.11. The first-order valence-corrected chi connectivity index (χ1v) is 9.95. The van der Waals surface area contributed by atoms with Crippen LogP contribution in [0.15, 0.2) is 30.3 Å². The number of sulfonamides is 1. The van der Waals surface area contributed by atoms with Crippen LogP contribution in [0.2, 0.25) is 0 Å². The third-order valence-corrected chi connectivity index (χ3v) is 5.23. The fraction of sp³-hybridized carbons (Fsp3) is 0.412. The van der Waals surface area contributed by atoms with Gasteiger partial charge in [0, 0.05) is 18.8 Å². The Kier molecular flexibility index (Phi) is 5.80. The molecule has 0 radical (unpaired) electrons. The van der Waals surface area contributed by atoms with Crippen molar-refractivity contribution in [3.05, 3.63) is 53.1 Å². The minimum absolute atomic E-state index is 0.0736. The molecule has 0 amide bonds. The van der Waals surface area contributed by atoms with Gasteiger partial charge in [-0.15, -0.1) is 0 Å². The van der Waals surface area contributed by atoms with Crippen LogP contribution in [0.3, 0.4) is 0 Å². The normalized spacial score (nSPS) is 15.2. The number of halogens is 1. The first-order chi connectivity index (χ1) is 12.4. The molecule has 1 aliphatic heterocycles. The summed E-state index contributed by atoms with van der Waals surface area (Å²) in [7, 11) is -3.56. The van der Waals surface area contributed by atoms with E-state index in [0.29, 0.717) is 43.5 Å². The van der Waals surface area contributed by atoms with Gasteiger partial charge in [-0.2, -0.15) is 0 Å². The summed E-state index contributed by atoms with van der Waals surface area (Å²) in [4.78, 5) is 10.9. The van der Waals surface area contributed by atoms with Crippen LogP contribution in [0.1, 0.15) is 17.0 Å². The number of hydrogen-bond acceptors (Lipinski definition) is 6. The van der Waals surface area contributed by atoms with E-state index in [1.165, 1.54) is 24.3 Å². The Balaban J connectivity index is 1.66. The van der Waals surface area contributed by atoms with Crippen molar-refractivity contribution in [2.45, 2.75) is 19.2 Å². The smallest absolute Gasteiger partial charge is 0.225 e. The number of aromatic nitrogens is 2. The third-order valence-electron chi connectivity index (χ3n) is 3.93. The van der Waals surface area contributed by atoms with Crippen molar-refractivity contribution in [1.82, 2.24) is 14.7 Å². The minimum Gasteiger partial charge on any atom is -0.378 e. The molecule has 26 heavy (non-hydrogen) atoms. The fourth-order valence-electron chi connectivity index (χ4n) is 2.65. The SMILES string of the molecule is Cc1cc(CNS(=O)(=O)Cc2ccc(F)cc2)nc(N2CCOCC2)n1. The largest absolute Gasteiger partial charge is 0.378 e. The minimum atomic E-state index is -3.56. The first kappa shape index (κ1) is 18.7. The standard InChI is InChI=1S/C17H21FN4O3S/c1-13-10-16(21-17(20-13)22-6-8-25-9-7-22)11-19-26(23,24)12-14-2-4-15(18)5-3-14/h2-5,10,19H,6-9,11-12H2,1H3. The average molecular weight is 380 g/mol. The number of anilines is 1. The number of ether oxygens (including phenoxy) is 1. The summed E-state index contributed by atoms with van der Waals surface area (Å²) >= 11 is 0. The second-order valence-corrected chi connectivity index (χ2v) is 7.91. The number of hydrogen-bond donors (Lipinski definition) is 1. The maximum absolute atomic E-state index is 12.9. The summed E-state index contributed by atoms with van der Waals surface area (Å²) in [6.45, 7) is 4.58. The number of nitrogens with zero attached hydrogens (tertiary/aromatic N) is 3. The maximum atomic E-state index is 12.9. The van der Waals surface area contributed by atoms with Gasteiger partial charge in [-0.3, -0.25) is 0 Å². The Bertz CT molecular complexity index is 853. The molecule has 0 saturated carbocycles. The van der Waals surface area contributed by atoms with Gasteiger partial charge in [0.25, 0.3) is 0 Å². The lowest BCUT2D eigenvalue weighted by Crippen LogP contribution is -2.37. The van der Waals surface area contributed by atoms with Crippen LogP contribution in [-0.2, 0) is 27.1 Å². The Hall–Kier alpha value is -2.10. The van der Waals surface area contributed by atoms with Gasteiger partial charge in [-0.25, -0.2) is 27.5 Å². The fourth-order valence-corrected chi connectivity index (χ4v) is 3.75. The lowest BCUT2D eigenvalue weighted by molar-refractivity contribution is 0.122. The van der Waals surface area contributed by atoms with Crippen LogP contribution in [0.4, 0.5) is 10.3 Å². The molecule has 1 saturated heterocycles. The predicted octanol–water partition coefficient (Wildman–Crippen LogP) is 1.38. The summed E-state index contributed by atoms with van der Waals surface area (Å²) < 4.78 is 45.3. The maximum Gasteiger partial charge on any atom is 0.225 e. The molecule has 0 unspecified atom stereocenters. The summed E-state index contributed by atoms with van der Waals surface area (Å²) in [6.07, 6.45) is 0. The number of aryl methyl sites for hydroxylation is 1. The van der Waals surface area contributed by atoms with Crippen LogP contribution in [0.25, 0.3) is 0 Å². The molecule has 7 nitrogen and oxygen atoms in total. The van der Waals surface area contributed by atoms with Crippen molar-refractivity contribution in [2.75, 3.05) is 31.2 Å². The van der Waals surface area contributed by atoms with Gasteiger partial charge in [-0.1, -0.05) is 12.1 Å².